The summed E-state index contributed by atoms with van der Waals surface area (Å²) in [6.45, 7) is 4.61. The van der Waals surface area contributed by atoms with Gasteiger partial charge in [0, 0.05) is 12.1 Å². The van der Waals surface area contributed by atoms with Crippen LogP contribution in [0, 0.1) is 6.92 Å². The average molecular weight is 382 g/mol. The molecular formula is C20H22N4O2S. The maximum absolute atomic E-state index is 11.8. The summed E-state index contributed by atoms with van der Waals surface area (Å²) in [5.41, 5.74) is 4.33. The summed E-state index contributed by atoms with van der Waals surface area (Å²) < 4.78 is 23.7. The lowest BCUT2D eigenvalue weighted by Gasteiger charge is -2.10. The van der Waals surface area contributed by atoms with Crippen LogP contribution in [0.4, 0.5) is 5.82 Å². The third-order valence-electron chi connectivity index (χ3n) is 4.44. The fraction of sp³-hybridized carbons (Fsp3) is 0.200. The van der Waals surface area contributed by atoms with E-state index in [2.05, 4.69) is 34.6 Å². The first-order valence-corrected chi connectivity index (χ1v) is 10.2. The topological polar surface area (TPSA) is 98.0 Å². The van der Waals surface area contributed by atoms with Crippen LogP contribution >= 0.6 is 0 Å². The van der Waals surface area contributed by atoms with Crippen molar-refractivity contribution in [2.24, 2.45) is 5.14 Å². The van der Waals surface area contributed by atoms with Crippen LogP contribution < -0.4 is 10.5 Å². The lowest BCUT2D eigenvalue weighted by atomic mass is 10.1. The molecule has 1 aromatic heterocycles. The Bertz CT molecular complexity index is 1050. The molecule has 27 heavy (non-hydrogen) atoms. The zero-order valence-corrected chi connectivity index (χ0v) is 16.1. The highest BCUT2D eigenvalue weighted by molar-refractivity contribution is 7.89. The van der Waals surface area contributed by atoms with Crippen molar-refractivity contribution in [2.45, 2.75) is 31.7 Å². The van der Waals surface area contributed by atoms with E-state index in [1.54, 1.807) is 18.2 Å². The van der Waals surface area contributed by atoms with Gasteiger partial charge in [-0.15, -0.1) is 10.2 Å². The first kappa shape index (κ1) is 19.0. The van der Waals surface area contributed by atoms with Gasteiger partial charge in [-0.25, -0.2) is 13.6 Å². The maximum Gasteiger partial charge on any atom is 0.238 e. The van der Waals surface area contributed by atoms with Gasteiger partial charge in [0.1, 0.15) is 5.82 Å². The number of nitrogens with two attached hydrogens (primary N) is 1. The number of nitrogens with zero attached hydrogens (tertiary/aromatic N) is 2. The van der Waals surface area contributed by atoms with Crippen molar-refractivity contribution >= 4 is 15.8 Å². The van der Waals surface area contributed by atoms with Crippen molar-refractivity contribution in [1.82, 2.24) is 10.2 Å². The molecule has 0 bridgehead atoms. The second kappa shape index (κ2) is 7.85. The largest absolute Gasteiger partial charge is 0.364 e. The summed E-state index contributed by atoms with van der Waals surface area (Å²) in [6, 6.07) is 16.9. The van der Waals surface area contributed by atoms with Crippen LogP contribution in [-0.4, -0.2) is 18.6 Å². The van der Waals surface area contributed by atoms with Gasteiger partial charge in [-0.2, -0.15) is 0 Å². The minimum absolute atomic E-state index is 0.131. The molecule has 1 heterocycles. The number of hydrogen-bond acceptors (Lipinski definition) is 5. The second-order valence-corrected chi connectivity index (χ2v) is 7.83. The summed E-state index contributed by atoms with van der Waals surface area (Å²) in [4.78, 5) is 0.131. The third kappa shape index (κ3) is 4.50. The second-order valence-electron chi connectivity index (χ2n) is 6.30. The number of aromatic nitrogens is 2. The quantitative estimate of drug-likeness (QED) is 0.682. The molecule has 140 valence electrons. The summed E-state index contributed by atoms with van der Waals surface area (Å²) >= 11 is 0. The predicted octanol–water partition coefficient (Wildman–Crippen LogP) is 3.27. The Kier molecular flexibility index (Phi) is 5.53. The highest BCUT2D eigenvalue weighted by atomic mass is 32.2. The number of benzene rings is 2. The average Bonchev–Trinajstić information content (AvgIpc) is 2.66. The Morgan fingerprint density at radius 2 is 1.78 bits per heavy atom. The summed E-state index contributed by atoms with van der Waals surface area (Å²) in [6.07, 6.45) is 0.583. The molecule has 0 atom stereocenters. The minimum Gasteiger partial charge on any atom is -0.364 e. The van der Waals surface area contributed by atoms with E-state index in [1.165, 1.54) is 11.1 Å². The molecule has 0 radical (unpaired) electrons. The SMILES string of the molecule is CCc1ccc(-c2ccc(NCc3ccccc3C)nn2)cc1S(N)(=O)=O. The summed E-state index contributed by atoms with van der Waals surface area (Å²) in [7, 11) is -3.79. The highest BCUT2D eigenvalue weighted by Crippen LogP contribution is 2.24. The van der Waals surface area contributed by atoms with E-state index in [4.69, 9.17) is 5.14 Å². The van der Waals surface area contributed by atoms with Gasteiger partial charge >= 0.3 is 0 Å². The highest BCUT2D eigenvalue weighted by Gasteiger charge is 2.15. The van der Waals surface area contributed by atoms with E-state index < -0.39 is 10.0 Å². The van der Waals surface area contributed by atoms with Crippen molar-refractivity contribution < 1.29 is 8.42 Å². The van der Waals surface area contributed by atoms with Gasteiger partial charge < -0.3 is 5.32 Å². The Balaban J connectivity index is 1.80. The molecule has 0 aliphatic heterocycles. The van der Waals surface area contributed by atoms with Crippen LogP contribution in [0.2, 0.25) is 0 Å². The van der Waals surface area contributed by atoms with E-state index >= 15 is 0 Å². The molecule has 0 fully saturated rings. The Labute approximate surface area is 159 Å². The molecule has 6 nitrogen and oxygen atoms in total. The number of rotatable bonds is 6. The standard InChI is InChI=1S/C20H22N4O2S/c1-3-15-8-9-16(12-19(15)27(21,25)26)18-10-11-20(24-23-18)22-13-17-7-5-4-6-14(17)2/h4-12H,3,13H2,1-2H3,(H,22,24)(H2,21,25,26). The molecule has 0 aliphatic rings. The number of aryl methyl sites for hydroxylation is 2. The Morgan fingerprint density at radius 1 is 1.00 bits per heavy atom. The first-order chi connectivity index (χ1) is 12.9. The van der Waals surface area contributed by atoms with E-state index in [0.29, 0.717) is 35.6 Å². The lowest BCUT2D eigenvalue weighted by molar-refractivity contribution is 0.596. The summed E-state index contributed by atoms with van der Waals surface area (Å²) in [5, 5.41) is 17.0. The number of nitrogens with one attached hydrogen (secondary N) is 1. The van der Waals surface area contributed by atoms with Gasteiger partial charge in [0.05, 0.1) is 10.6 Å². The zero-order chi connectivity index (χ0) is 19.4. The summed E-state index contributed by atoms with van der Waals surface area (Å²) in [5.74, 6) is 0.652. The van der Waals surface area contributed by atoms with Gasteiger partial charge in [-0.3, -0.25) is 0 Å². The van der Waals surface area contributed by atoms with E-state index in [9.17, 15) is 8.42 Å². The van der Waals surface area contributed by atoms with Crippen LogP contribution in [0.5, 0.6) is 0 Å². The molecule has 3 rings (SSSR count). The van der Waals surface area contributed by atoms with Crippen LogP contribution in [-0.2, 0) is 23.0 Å². The minimum atomic E-state index is -3.79. The van der Waals surface area contributed by atoms with Gasteiger partial charge in [0.2, 0.25) is 10.0 Å². The zero-order valence-electron chi connectivity index (χ0n) is 15.3. The smallest absolute Gasteiger partial charge is 0.238 e. The molecule has 3 aromatic rings. The van der Waals surface area contributed by atoms with Crippen molar-refractivity contribution in [2.75, 3.05) is 5.32 Å². The third-order valence-corrected chi connectivity index (χ3v) is 5.43. The van der Waals surface area contributed by atoms with Gasteiger partial charge in [-0.05, 0) is 48.2 Å². The van der Waals surface area contributed by atoms with Crippen molar-refractivity contribution in [1.29, 1.82) is 0 Å². The molecule has 2 aromatic carbocycles. The maximum atomic E-state index is 11.8. The Hall–Kier alpha value is -2.77. The number of hydrogen-bond donors (Lipinski definition) is 2. The normalized spacial score (nSPS) is 11.4. The van der Waals surface area contributed by atoms with Crippen LogP contribution in [0.15, 0.2) is 59.5 Å². The number of primary sulfonamides is 1. The van der Waals surface area contributed by atoms with Crippen LogP contribution in [0.3, 0.4) is 0 Å². The molecule has 0 amide bonds. The van der Waals surface area contributed by atoms with Gasteiger partial charge in [0.25, 0.3) is 0 Å². The molecular weight excluding hydrogens is 360 g/mol. The van der Waals surface area contributed by atoms with Crippen molar-refractivity contribution in [3.05, 3.63) is 71.3 Å². The Morgan fingerprint density at radius 3 is 2.41 bits per heavy atom. The number of sulfonamides is 1. The number of anilines is 1. The molecule has 7 heteroatoms. The fourth-order valence-electron chi connectivity index (χ4n) is 2.85. The van der Waals surface area contributed by atoms with Gasteiger partial charge in [-0.1, -0.05) is 43.3 Å². The monoisotopic (exact) mass is 382 g/mol. The predicted molar refractivity (Wildman–Crippen MR) is 107 cm³/mol. The van der Waals surface area contributed by atoms with Gasteiger partial charge in [0.15, 0.2) is 0 Å². The van der Waals surface area contributed by atoms with Crippen LogP contribution in [0.25, 0.3) is 11.3 Å². The molecule has 0 saturated carbocycles. The van der Waals surface area contributed by atoms with E-state index in [-0.39, 0.29) is 4.90 Å². The van der Waals surface area contributed by atoms with Crippen molar-refractivity contribution in [3.8, 4) is 11.3 Å². The molecule has 0 unspecified atom stereocenters. The molecule has 3 N–H and O–H groups in total. The fourth-order valence-corrected chi connectivity index (χ4v) is 3.71. The lowest BCUT2D eigenvalue weighted by Crippen LogP contribution is -2.14. The van der Waals surface area contributed by atoms with Crippen molar-refractivity contribution in [3.63, 3.8) is 0 Å². The molecule has 0 aliphatic carbocycles. The van der Waals surface area contributed by atoms with E-state index in [0.717, 1.165) is 0 Å². The first-order valence-electron chi connectivity index (χ1n) is 8.66. The molecule has 0 saturated heterocycles. The van der Waals surface area contributed by atoms with E-state index in [1.807, 2.05) is 31.2 Å². The molecule has 0 spiro atoms. The van der Waals surface area contributed by atoms with Crippen LogP contribution in [0.1, 0.15) is 23.6 Å².